The molecule has 0 bridgehead atoms. The van der Waals surface area contributed by atoms with E-state index in [1.807, 2.05) is 0 Å². The third kappa shape index (κ3) is 2.98. The molecule has 2 aliphatic heterocycles. The number of hydrogen-bond donors (Lipinski definition) is 0. The van der Waals surface area contributed by atoms with Gasteiger partial charge in [-0.25, -0.2) is 9.79 Å². The van der Waals surface area contributed by atoms with Crippen molar-refractivity contribution in [2.24, 2.45) is 19.1 Å². The van der Waals surface area contributed by atoms with Crippen molar-refractivity contribution in [2.45, 2.75) is 6.42 Å². The van der Waals surface area contributed by atoms with E-state index >= 15 is 0 Å². The van der Waals surface area contributed by atoms with Gasteiger partial charge in [0.1, 0.15) is 5.82 Å². The van der Waals surface area contributed by atoms with Gasteiger partial charge in [-0.2, -0.15) is 0 Å². The van der Waals surface area contributed by atoms with Crippen molar-refractivity contribution >= 4 is 28.5 Å². The van der Waals surface area contributed by atoms with Crippen molar-refractivity contribution in [3.63, 3.8) is 0 Å². The lowest BCUT2D eigenvalue weighted by atomic mass is 10.2. The molecule has 2 aliphatic rings. The van der Waals surface area contributed by atoms with Gasteiger partial charge in [0, 0.05) is 33.6 Å². The first-order valence-electron chi connectivity index (χ1n) is 7.34. The fourth-order valence-corrected chi connectivity index (χ4v) is 3.51. The smallest absolute Gasteiger partial charge is 0.332 e. The minimum atomic E-state index is -0.395. The van der Waals surface area contributed by atoms with E-state index in [1.54, 1.807) is 11.9 Å². The number of carbonyl (C=O) groups is 1. The van der Waals surface area contributed by atoms with Crippen molar-refractivity contribution in [1.82, 2.24) is 14.0 Å². The molecular weight excluding hydrogens is 320 g/mol. The van der Waals surface area contributed by atoms with Crippen LogP contribution >= 0.6 is 11.8 Å². The summed E-state index contributed by atoms with van der Waals surface area (Å²) in [7, 11) is 3.05. The molecular formula is C14H18N4O4S. The number of morpholine rings is 1. The molecule has 0 N–H and O–H groups in total. The minimum Gasteiger partial charge on any atom is -0.378 e. The molecule has 9 heteroatoms. The lowest BCUT2D eigenvalue weighted by molar-refractivity contribution is -0.132. The second-order valence-electron chi connectivity index (χ2n) is 5.47. The Balaban J connectivity index is 1.71. The first-order valence-corrected chi connectivity index (χ1v) is 8.32. The Morgan fingerprint density at radius 2 is 1.91 bits per heavy atom. The number of hydrogen-bond acceptors (Lipinski definition) is 6. The van der Waals surface area contributed by atoms with E-state index in [1.165, 1.54) is 23.4 Å². The molecule has 1 amide bonds. The van der Waals surface area contributed by atoms with Gasteiger partial charge in [0.15, 0.2) is 0 Å². The van der Waals surface area contributed by atoms with Crippen LogP contribution in [0, 0.1) is 0 Å². The minimum absolute atomic E-state index is 0.0405. The van der Waals surface area contributed by atoms with Crippen molar-refractivity contribution in [3.05, 3.63) is 26.4 Å². The molecule has 0 spiro atoms. The van der Waals surface area contributed by atoms with E-state index in [2.05, 4.69) is 4.99 Å². The number of carbonyl (C=O) groups excluding carboxylic acids is 1. The number of aromatic nitrogens is 2. The van der Waals surface area contributed by atoms with Crippen molar-refractivity contribution in [1.29, 1.82) is 0 Å². The second-order valence-corrected chi connectivity index (χ2v) is 6.52. The fourth-order valence-electron chi connectivity index (χ4n) is 2.64. The molecule has 0 atom stereocenters. The third-order valence-corrected chi connectivity index (χ3v) is 4.97. The standard InChI is InChI=1S/C14H18N4O4S/c1-16-12-9(13(20)17(2)14(16)21)7-10(15-12)23-8-11(19)18-3-5-22-6-4-18/h3-8H2,1-2H3. The Labute approximate surface area is 136 Å². The van der Waals surface area contributed by atoms with Crippen LogP contribution in [0.4, 0.5) is 5.82 Å². The normalized spacial score (nSPS) is 17.1. The van der Waals surface area contributed by atoms with E-state index < -0.39 is 5.69 Å². The van der Waals surface area contributed by atoms with Crippen LogP contribution in [0.5, 0.6) is 0 Å². The maximum Gasteiger partial charge on any atom is 0.332 e. The molecule has 0 radical (unpaired) electrons. The summed E-state index contributed by atoms with van der Waals surface area (Å²) < 4.78 is 7.68. The summed E-state index contributed by atoms with van der Waals surface area (Å²) in [6.07, 6.45) is 0.372. The first kappa shape index (κ1) is 16.0. The van der Waals surface area contributed by atoms with E-state index in [4.69, 9.17) is 4.74 Å². The summed E-state index contributed by atoms with van der Waals surface area (Å²) in [4.78, 5) is 42.3. The quantitative estimate of drug-likeness (QED) is 0.709. The molecule has 124 valence electrons. The van der Waals surface area contributed by atoms with Gasteiger partial charge in [-0.15, -0.1) is 11.8 Å². The zero-order valence-electron chi connectivity index (χ0n) is 13.1. The lowest BCUT2D eigenvalue weighted by Crippen LogP contribution is -2.41. The van der Waals surface area contributed by atoms with E-state index in [-0.39, 0.29) is 17.2 Å². The summed E-state index contributed by atoms with van der Waals surface area (Å²) in [5.74, 6) is 0.722. The number of nitrogens with zero attached hydrogens (tertiary/aromatic N) is 4. The predicted octanol–water partition coefficient (Wildman–Crippen LogP) is -0.738. The average Bonchev–Trinajstić information content (AvgIpc) is 3.01. The average molecular weight is 338 g/mol. The fraction of sp³-hybridized carbons (Fsp3) is 0.571. The highest BCUT2D eigenvalue weighted by molar-refractivity contribution is 8.14. The number of ether oxygens (including phenoxy) is 1. The highest BCUT2D eigenvalue weighted by Gasteiger charge is 2.24. The Morgan fingerprint density at radius 3 is 2.61 bits per heavy atom. The molecule has 1 saturated heterocycles. The van der Waals surface area contributed by atoms with Gasteiger partial charge in [0.2, 0.25) is 5.91 Å². The van der Waals surface area contributed by atoms with Crippen LogP contribution in [-0.4, -0.2) is 57.0 Å². The summed E-state index contributed by atoms with van der Waals surface area (Å²) in [6, 6.07) is 0. The SMILES string of the molecule is Cn1c2c(c(=O)n(C)c1=O)CC(SCC(=O)N1CCOCC1)=N2. The summed E-state index contributed by atoms with van der Waals surface area (Å²) in [6.45, 7) is 2.37. The largest absolute Gasteiger partial charge is 0.378 e. The van der Waals surface area contributed by atoms with Crippen LogP contribution in [0.1, 0.15) is 5.56 Å². The number of aliphatic imine (C=N–C) groups is 1. The summed E-state index contributed by atoms with van der Waals surface area (Å²) in [5.41, 5.74) is -0.203. The van der Waals surface area contributed by atoms with Crippen LogP contribution in [0.2, 0.25) is 0 Å². The zero-order chi connectivity index (χ0) is 16.6. The molecule has 0 aliphatic carbocycles. The van der Waals surface area contributed by atoms with Gasteiger partial charge in [-0.3, -0.25) is 18.7 Å². The van der Waals surface area contributed by atoms with E-state index in [9.17, 15) is 14.4 Å². The number of amides is 1. The van der Waals surface area contributed by atoms with Gasteiger partial charge >= 0.3 is 5.69 Å². The molecule has 8 nitrogen and oxygen atoms in total. The Kier molecular flexibility index (Phi) is 4.40. The third-order valence-electron chi connectivity index (χ3n) is 4.01. The highest BCUT2D eigenvalue weighted by Crippen LogP contribution is 2.26. The summed E-state index contributed by atoms with van der Waals surface area (Å²) >= 11 is 1.33. The molecule has 0 unspecified atom stereocenters. The maximum atomic E-state index is 12.1. The molecule has 3 rings (SSSR count). The predicted molar refractivity (Wildman–Crippen MR) is 87.6 cm³/mol. The summed E-state index contributed by atoms with van der Waals surface area (Å²) in [5, 5.41) is 0.694. The molecule has 1 aromatic rings. The number of fused-ring (bicyclic) bond motifs is 1. The van der Waals surface area contributed by atoms with E-state index in [0.29, 0.717) is 49.1 Å². The van der Waals surface area contributed by atoms with E-state index in [0.717, 1.165) is 4.57 Å². The monoisotopic (exact) mass is 338 g/mol. The highest BCUT2D eigenvalue weighted by atomic mass is 32.2. The van der Waals surface area contributed by atoms with Crippen molar-refractivity contribution < 1.29 is 9.53 Å². The second kappa shape index (κ2) is 6.32. The Morgan fingerprint density at radius 1 is 1.22 bits per heavy atom. The van der Waals surface area contributed by atoms with Crippen LogP contribution in [0.3, 0.4) is 0 Å². The molecule has 0 aromatic carbocycles. The topological polar surface area (TPSA) is 85.9 Å². The lowest BCUT2D eigenvalue weighted by Gasteiger charge is -2.26. The number of rotatable bonds is 2. The van der Waals surface area contributed by atoms with Gasteiger partial charge in [-0.05, 0) is 0 Å². The van der Waals surface area contributed by atoms with Crippen LogP contribution < -0.4 is 11.2 Å². The van der Waals surface area contributed by atoms with Gasteiger partial charge in [0.05, 0.1) is 29.6 Å². The van der Waals surface area contributed by atoms with Crippen LogP contribution in [0.15, 0.2) is 14.6 Å². The zero-order valence-corrected chi connectivity index (χ0v) is 13.9. The molecule has 1 aromatic heterocycles. The van der Waals surface area contributed by atoms with Crippen molar-refractivity contribution in [2.75, 3.05) is 32.1 Å². The Bertz CT molecular complexity index is 789. The van der Waals surface area contributed by atoms with Gasteiger partial charge < -0.3 is 9.64 Å². The number of thioether (sulfide) groups is 1. The van der Waals surface area contributed by atoms with Gasteiger partial charge in [0.25, 0.3) is 5.56 Å². The molecule has 3 heterocycles. The van der Waals surface area contributed by atoms with Crippen LogP contribution in [0.25, 0.3) is 0 Å². The molecule has 0 saturated carbocycles. The first-order chi connectivity index (χ1) is 11.0. The van der Waals surface area contributed by atoms with Gasteiger partial charge in [-0.1, -0.05) is 0 Å². The Hall–Kier alpha value is -1.87. The maximum absolute atomic E-state index is 12.1. The molecule has 23 heavy (non-hydrogen) atoms. The van der Waals surface area contributed by atoms with Crippen molar-refractivity contribution in [3.8, 4) is 0 Å². The van der Waals surface area contributed by atoms with Crippen LogP contribution in [-0.2, 0) is 30.0 Å². The molecule has 1 fully saturated rings.